The molecule has 0 amide bonds. The summed E-state index contributed by atoms with van der Waals surface area (Å²) in [6.45, 7) is 0. The highest BCUT2D eigenvalue weighted by Crippen LogP contribution is 2.30. The van der Waals surface area contributed by atoms with Crippen molar-refractivity contribution in [2.24, 2.45) is 11.7 Å². The first-order valence-corrected chi connectivity index (χ1v) is 4.20. The summed E-state index contributed by atoms with van der Waals surface area (Å²) in [6, 6.07) is 0. The zero-order chi connectivity index (χ0) is 7.68. The summed E-state index contributed by atoms with van der Waals surface area (Å²) in [5.74, 6) is 0.757. The molecule has 1 atom stereocenters. The summed E-state index contributed by atoms with van der Waals surface area (Å²) in [5, 5.41) is 0. The first-order chi connectivity index (χ1) is 5.36. The van der Waals surface area contributed by atoms with Gasteiger partial charge in [0.05, 0.1) is 0 Å². The van der Waals surface area contributed by atoms with Gasteiger partial charge in [0.15, 0.2) is 0 Å². The Balaban J connectivity index is 2.28. The Kier molecular flexibility index (Phi) is 1.57. The van der Waals surface area contributed by atoms with Gasteiger partial charge in [-0.3, -0.25) is 0 Å². The molecule has 0 spiro atoms. The number of hydrogen-bond donors (Lipinski definition) is 1. The Morgan fingerprint density at radius 2 is 2.36 bits per heavy atom. The van der Waals surface area contributed by atoms with Crippen LogP contribution in [-0.4, -0.2) is 0 Å². The van der Waals surface area contributed by atoms with Gasteiger partial charge in [-0.15, -0.1) is 0 Å². The average molecular weight is 147 g/mol. The van der Waals surface area contributed by atoms with E-state index in [0.717, 1.165) is 18.0 Å². The van der Waals surface area contributed by atoms with E-state index in [1.165, 1.54) is 18.4 Å². The molecule has 0 bridgehead atoms. The van der Waals surface area contributed by atoms with Crippen molar-refractivity contribution in [1.29, 1.82) is 0 Å². The van der Waals surface area contributed by atoms with Crippen LogP contribution in [-0.2, 0) is 0 Å². The molecule has 11 heavy (non-hydrogen) atoms. The van der Waals surface area contributed by atoms with Gasteiger partial charge in [-0.1, -0.05) is 18.2 Å². The van der Waals surface area contributed by atoms with Crippen LogP contribution in [0.25, 0.3) is 0 Å². The number of fused-ring (bicyclic) bond motifs is 1. The Labute approximate surface area is 67.3 Å². The van der Waals surface area contributed by atoms with Crippen molar-refractivity contribution in [3.05, 3.63) is 35.6 Å². The maximum atomic E-state index is 5.69. The maximum absolute atomic E-state index is 5.69. The smallest absolute Gasteiger partial charge is 0.0276 e. The zero-order valence-corrected chi connectivity index (χ0v) is 6.59. The van der Waals surface area contributed by atoms with Gasteiger partial charge >= 0.3 is 0 Å². The van der Waals surface area contributed by atoms with Crippen molar-refractivity contribution in [1.82, 2.24) is 0 Å². The van der Waals surface area contributed by atoms with E-state index in [9.17, 15) is 0 Å². The van der Waals surface area contributed by atoms with Gasteiger partial charge in [0.25, 0.3) is 0 Å². The van der Waals surface area contributed by atoms with Crippen molar-refractivity contribution in [2.45, 2.75) is 19.3 Å². The standard InChI is InChI=1S/C10H13N/c11-10-6-5-8-3-1-2-4-9(8)7-10/h2,4,6-8H,1,3,5,11H2. The third-order valence-electron chi connectivity index (χ3n) is 2.43. The third-order valence-corrected chi connectivity index (χ3v) is 2.43. The van der Waals surface area contributed by atoms with Crippen LogP contribution < -0.4 is 5.73 Å². The van der Waals surface area contributed by atoms with Crippen molar-refractivity contribution < 1.29 is 0 Å². The first-order valence-electron chi connectivity index (χ1n) is 4.20. The van der Waals surface area contributed by atoms with Crippen molar-refractivity contribution >= 4 is 0 Å². The minimum atomic E-state index is 0.757. The van der Waals surface area contributed by atoms with Crippen LogP contribution in [0, 0.1) is 5.92 Å². The molecule has 1 heteroatoms. The highest BCUT2D eigenvalue weighted by molar-refractivity contribution is 5.35. The Bertz CT molecular complexity index is 246. The van der Waals surface area contributed by atoms with E-state index in [2.05, 4.69) is 24.3 Å². The minimum Gasteiger partial charge on any atom is -0.399 e. The third kappa shape index (κ3) is 1.23. The van der Waals surface area contributed by atoms with E-state index < -0.39 is 0 Å². The van der Waals surface area contributed by atoms with Gasteiger partial charge in [0, 0.05) is 5.70 Å². The molecule has 0 aliphatic heterocycles. The van der Waals surface area contributed by atoms with Crippen molar-refractivity contribution in [3.8, 4) is 0 Å². The lowest BCUT2D eigenvalue weighted by molar-refractivity contribution is 0.562. The highest BCUT2D eigenvalue weighted by Gasteiger charge is 2.16. The highest BCUT2D eigenvalue weighted by atomic mass is 14.6. The molecule has 0 aromatic heterocycles. The fourth-order valence-corrected chi connectivity index (χ4v) is 1.77. The van der Waals surface area contributed by atoms with E-state index >= 15 is 0 Å². The molecule has 58 valence electrons. The van der Waals surface area contributed by atoms with Gasteiger partial charge in [-0.05, 0) is 36.8 Å². The molecule has 0 aromatic rings. The maximum Gasteiger partial charge on any atom is 0.0276 e. The second-order valence-corrected chi connectivity index (χ2v) is 3.26. The molecular formula is C10H13N. The Hall–Kier alpha value is -0.980. The second-order valence-electron chi connectivity index (χ2n) is 3.26. The quantitative estimate of drug-likeness (QED) is 0.558. The normalized spacial score (nSPS) is 28.9. The molecular weight excluding hydrogens is 134 g/mol. The molecule has 0 aromatic carbocycles. The van der Waals surface area contributed by atoms with Crippen LogP contribution in [0.1, 0.15) is 19.3 Å². The lowest BCUT2D eigenvalue weighted by Gasteiger charge is -2.23. The molecule has 0 saturated carbocycles. The van der Waals surface area contributed by atoms with E-state index in [4.69, 9.17) is 5.73 Å². The van der Waals surface area contributed by atoms with E-state index in [1.807, 2.05) is 0 Å². The summed E-state index contributed by atoms with van der Waals surface area (Å²) in [7, 11) is 0. The number of hydrogen-bond acceptors (Lipinski definition) is 1. The largest absolute Gasteiger partial charge is 0.399 e. The molecule has 0 heterocycles. The SMILES string of the molecule is NC1=CCC2CCC=CC2=C1. The predicted molar refractivity (Wildman–Crippen MR) is 46.8 cm³/mol. The Morgan fingerprint density at radius 3 is 3.27 bits per heavy atom. The molecule has 1 unspecified atom stereocenters. The van der Waals surface area contributed by atoms with E-state index in [1.54, 1.807) is 0 Å². The molecule has 2 aliphatic carbocycles. The molecule has 1 nitrogen and oxygen atoms in total. The molecule has 2 N–H and O–H groups in total. The van der Waals surface area contributed by atoms with Crippen molar-refractivity contribution in [3.63, 3.8) is 0 Å². The summed E-state index contributed by atoms with van der Waals surface area (Å²) in [6.07, 6.45) is 12.4. The Morgan fingerprint density at radius 1 is 1.45 bits per heavy atom. The zero-order valence-electron chi connectivity index (χ0n) is 6.59. The predicted octanol–water partition coefficient (Wildman–Crippen LogP) is 2.13. The van der Waals surface area contributed by atoms with Gasteiger partial charge in [0.2, 0.25) is 0 Å². The van der Waals surface area contributed by atoms with Gasteiger partial charge in [0.1, 0.15) is 0 Å². The molecule has 0 fully saturated rings. The summed E-state index contributed by atoms with van der Waals surface area (Å²) < 4.78 is 0. The molecule has 0 saturated heterocycles. The molecule has 0 radical (unpaired) electrons. The summed E-state index contributed by atoms with van der Waals surface area (Å²) in [5.41, 5.74) is 8.05. The fraction of sp³-hybridized carbons (Fsp3) is 0.400. The number of rotatable bonds is 0. The van der Waals surface area contributed by atoms with Crippen LogP contribution in [0.4, 0.5) is 0 Å². The summed E-state index contributed by atoms with van der Waals surface area (Å²) >= 11 is 0. The van der Waals surface area contributed by atoms with Crippen molar-refractivity contribution in [2.75, 3.05) is 0 Å². The van der Waals surface area contributed by atoms with Crippen LogP contribution in [0.3, 0.4) is 0 Å². The molecule has 2 aliphatic rings. The van der Waals surface area contributed by atoms with Crippen LogP contribution in [0.2, 0.25) is 0 Å². The van der Waals surface area contributed by atoms with Gasteiger partial charge < -0.3 is 5.73 Å². The fourth-order valence-electron chi connectivity index (χ4n) is 1.77. The average Bonchev–Trinajstić information content (AvgIpc) is 2.04. The van der Waals surface area contributed by atoms with E-state index in [0.29, 0.717) is 0 Å². The number of nitrogens with two attached hydrogens (primary N) is 1. The van der Waals surface area contributed by atoms with Crippen LogP contribution in [0.15, 0.2) is 35.6 Å². The van der Waals surface area contributed by atoms with Gasteiger partial charge in [-0.25, -0.2) is 0 Å². The van der Waals surface area contributed by atoms with Crippen LogP contribution in [0.5, 0.6) is 0 Å². The lowest BCUT2D eigenvalue weighted by atomic mass is 9.83. The monoisotopic (exact) mass is 147 g/mol. The first kappa shape index (κ1) is 6.71. The summed E-state index contributed by atoms with van der Waals surface area (Å²) in [4.78, 5) is 0. The van der Waals surface area contributed by atoms with Crippen LogP contribution >= 0.6 is 0 Å². The molecule has 2 rings (SSSR count). The minimum absolute atomic E-state index is 0.757. The lowest BCUT2D eigenvalue weighted by Crippen LogP contribution is -2.11. The second kappa shape index (κ2) is 2.57. The number of allylic oxidation sites excluding steroid dienone is 5. The van der Waals surface area contributed by atoms with E-state index in [-0.39, 0.29) is 0 Å². The topological polar surface area (TPSA) is 26.0 Å². The van der Waals surface area contributed by atoms with Gasteiger partial charge in [-0.2, -0.15) is 0 Å².